The van der Waals surface area contributed by atoms with Crippen LogP contribution in [0, 0.1) is 5.92 Å². The maximum atomic E-state index is 13.0. The predicted octanol–water partition coefficient (Wildman–Crippen LogP) is 2.18. The Kier molecular flexibility index (Phi) is 5.90. The SMILES string of the molecule is O=C(NC1CCN(C(=O)C2CC(=O)N(Cc3ccccc3)C2)CC1)c1ccc2c(c1)OCO2. The second kappa shape index (κ2) is 9.13. The van der Waals surface area contributed by atoms with Gasteiger partial charge in [-0.25, -0.2) is 0 Å². The highest BCUT2D eigenvalue weighted by Gasteiger charge is 2.37. The van der Waals surface area contributed by atoms with Crippen LogP contribution in [0.25, 0.3) is 0 Å². The fraction of sp³-hybridized carbons (Fsp3) is 0.400. The fourth-order valence-corrected chi connectivity index (χ4v) is 4.70. The van der Waals surface area contributed by atoms with Gasteiger partial charge in [-0.2, -0.15) is 0 Å². The van der Waals surface area contributed by atoms with Crippen LogP contribution >= 0.6 is 0 Å². The van der Waals surface area contributed by atoms with Crippen LogP contribution in [0.5, 0.6) is 11.5 Å². The van der Waals surface area contributed by atoms with Crippen molar-refractivity contribution < 1.29 is 23.9 Å². The fourth-order valence-electron chi connectivity index (χ4n) is 4.70. The molecule has 0 radical (unpaired) electrons. The Labute approximate surface area is 192 Å². The molecule has 33 heavy (non-hydrogen) atoms. The van der Waals surface area contributed by atoms with E-state index in [1.807, 2.05) is 35.2 Å². The molecule has 8 heteroatoms. The predicted molar refractivity (Wildman–Crippen MR) is 120 cm³/mol. The minimum atomic E-state index is -0.291. The highest BCUT2D eigenvalue weighted by Crippen LogP contribution is 2.32. The van der Waals surface area contributed by atoms with Gasteiger partial charge in [-0.05, 0) is 36.6 Å². The van der Waals surface area contributed by atoms with Crippen LogP contribution in [0.4, 0.5) is 0 Å². The van der Waals surface area contributed by atoms with Crippen molar-refractivity contribution in [2.24, 2.45) is 5.92 Å². The first-order valence-electron chi connectivity index (χ1n) is 11.4. The topological polar surface area (TPSA) is 88.2 Å². The van der Waals surface area contributed by atoms with Crippen molar-refractivity contribution in [3.05, 3.63) is 59.7 Å². The molecule has 3 amide bonds. The van der Waals surface area contributed by atoms with Crippen LogP contribution in [0.3, 0.4) is 0 Å². The summed E-state index contributed by atoms with van der Waals surface area (Å²) in [6.45, 7) is 2.33. The van der Waals surface area contributed by atoms with E-state index in [1.54, 1.807) is 23.1 Å². The minimum absolute atomic E-state index is 0.00626. The van der Waals surface area contributed by atoms with E-state index >= 15 is 0 Å². The van der Waals surface area contributed by atoms with Crippen LogP contribution < -0.4 is 14.8 Å². The number of carbonyl (C=O) groups is 3. The number of hydrogen-bond acceptors (Lipinski definition) is 5. The summed E-state index contributed by atoms with van der Waals surface area (Å²) < 4.78 is 10.6. The molecule has 1 N–H and O–H groups in total. The van der Waals surface area contributed by atoms with Crippen molar-refractivity contribution in [1.29, 1.82) is 0 Å². The molecule has 5 rings (SSSR count). The summed E-state index contributed by atoms with van der Waals surface area (Å²) in [5.74, 6) is 0.848. The lowest BCUT2D eigenvalue weighted by Crippen LogP contribution is -2.48. The summed E-state index contributed by atoms with van der Waals surface area (Å²) in [6.07, 6.45) is 1.65. The monoisotopic (exact) mass is 449 g/mol. The van der Waals surface area contributed by atoms with Crippen LogP contribution in [-0.4, -0.2) is 60.0 Å². The van der Waals surface area contributed by atoms with E-state index in [9.17, 15) is 14.4 Å². The molecule has 1 atom stereocenters. The van der Waals surface area contributed by atoms with Crippen molar-refractivity contribution in [3.63, 3.8) is 0 Å². The Bertz CT molecular complexity index is 1050. The minimum Gasteiger partial charge on any atom is -0.454 e. The molecule has 8 nitrogen and oxygen atoms in total. The molecule has 0 spiro atoms. The molecule has 0 aliphatic carbocycles. The van der Waals surface area contributed by atoms with Gasteiger partial charge in [0, 0.05) is 44.2 Å². The summed E-state index contributed by atoms with van der Waals surface area (Å²) >= 11 is 0. The third kappa shape index (κ3) is 4.65. The van der Waals surface area contributed by atoms with E-state index < -0.39 is 0 Å². The van der Waals surface area contributed by atoms with Crippen LogP contribution in [0.2, 0.25) is 0 Å². The van der Waals surface area contributed by atoms with Gasteiger partial charge in [-0.15, -0.1) is 0 Å². The number of nitrogens with one attached hydrogen (secondary N) is 1. The lowest BCUT2D eigenvalue weighted by Gasteiger charge is -2.33. The Morgan fingerprint density at radius 3 is 2.55 bits per heavy atom. The first-order valence-corrected chi connectivity index (χ1v) is 11.4. The normalized spacial score (nSPS) is 20.2. The van der Waals surface area contributed by atoms with Crippen molar-refractivity contribution >= 4 is 17.7 Å². The van der Waals surface area contributed by atoms with Gasteiger partial charge in [0.25, 0.3) is 5.91 Å². The molecule has 3 aliphatic heterocycles. The number of ether oxygens (including phenoxy) is 2. The van der Waals surface area contributed by atoms with Crippen molar-refractivity contribution in [2.45, 2.75) is 31.8 Å². The molecule has 2 aromatic rings. The molecule has 0 bridgehead atoms. The largest absolute Gasteiger partial charge is 0.454 e. The highest BCUT2D eigenvalue weighted by atomic mass is 16.7. The van der Waals surface area contributed by atoms with E-state index in [2.05, 4.69) is 5.32 Å². The van der Waals surface area contributed by atoms with Gasteiger partial charge < -0.3 is 24.6 Å². The molecular formula is C25H27N3O5. The third-order valence-corrected chi connectivity index (χ3v) is 6.56. The number of carbonyl (C=O) groups excluding carboxylic acids is 3. The molecule has 0 saturated carbocycles. The second-order valence-corrected chi connectivity index (χ2v) is 8.80. The molecule has 0 aromatic heterocycles. The standard InChI is InChI=1S/C25H27N3O5/c29-23-13-19(15-28(23)14-17-4-2-1-3-5-17)25(31)27-10-8-20(9-11-27)26-24(30)18-6-7-21-22(12-18)33-16-32-21/h1-7,12,19-20H,8-11,13-16H2,(H,26,30). The zero-order valence-electron chi connectivity index (χ0n) is 18.4. The number of nitrogens with zero attached hydrogens (tertiary/aromatic N) is 2. The van der Waals surface area contributed by atoms with E-state index in [0.717, 1.165) is 5.56 Å². The molecule has 172 valence electrons. The van der Waals surface area contributed by atoms with Gasteiger partial charge >= 0.3 is 0 Å². The molecule has 2 saturated heterocycles. The number of rotatable bonds is 5. The summed E-state index contributed by atoms with van der Waals surface area (Å²) in [7, 11) is 0. The Hall–Kier alpha value is -3.55. The van der Waals surface area contributed by atoms with E-state index in [1.165, 1.54) is 0 Å². The highest BCUT2D eigenvalue weighted by molar-refractivity contribution is 5.95. The number of benzene rings is 2. The van der Waals surface area contributed by atoms with Crippen molar-refractivity contribution in [1.82, 2.24) is 15.1 Å². The first kappa shape index (κ1) is 21.3. The van der Waals surface area contributed by atoms with Crippen LogP contribution in [0.15, 0.2) is 48.5 Å². The van der Waals surface area contributed by atoms with E-state index in [-0.39, 0.29) is 42.9 Å². The van der Waals surface area contributed by atoms with Gasteiger partial charge in [-0.3, -0.25) is 14.4 Å². The Morgan fingerprint density at radius 1 is 1.00 bits per heavy atom. The van der Waals surface area contributed by atoms with Gasteiger partial charge in [0.05, 0.1) is 5.92 Å². The molecule has 2 aromatic carbocycles. The first-order chi connectivity index (χ1) is 16.1. The molecule has 2 fully saturated rings. The average molecular weight is 450 g/mol. The molecule has 3 heterocycles. The van der Waals surface area contributed by atoms with Gasteiger partial charge in [-0.1, -0.05) is 30.3 Å². The second-order valence-electron chi connectivity index (χ2n) is 8.80. The molecule has 1 unspecified atom stereocenters. The molecular weight excluding hydrogens is 422 g/mol. The summed E-state index contributed by atoms with van der Waals surface area (Å²) in [6, 6.07) is 15.0. The van der Waals surface area contributed by atoms with Crippen molar-refractivity contribution in [3.8, 4) is 11.5 Å². The quantitative estimate of drug-likeness (QED) is 0.756. The maximum absolute atomic E-state index is 13.0. The van der Waals surface area contributed by atoms with Gasteiger partial charge in [0.1, 0.15) is 0 Å². The van der Waals surface area contributed by atoms with Crippen molar-refractivity contribution in [2.75, 3.05) is 26.4 Å². The lowest BCUT2D eigenvalue weighted by atomic mass is 10.0. The summed E-state index contributed by atoms with van der Waals surface area (Å²) in [4.78, 5) is 41.7. The number of likely N-dealkylation sites (tertiary alicyclic amines) is 2. The van der Waals surface area contributed by atoms with Gasteiger partial charge in [0.2, 0.25) is 18.6 Å². The molecule has 3 aliphatic rings. The van der Waals surface area contributed by atoms with E-state index in [4.69, 9.17) is 9.47 Å². The van der Waals surface area contributed by atoms with E-state index in [0.29, 0.717) is 56.1 Å². The van der Waals surface area contributed by atoms with Crippen LogP contribution in [0.1, 0.15) is 35.2 Å². The number of amides is 3. The van der Waals surface area contributed by atoms with Gasteiger partial charge in [0.15, 0.2) is 11.5 Å². The number of hydrogen-bond donors (Lipinski definition) is 1. The average Bonchev–Trinajstić information content (AvgIpc) is 3.46. The maximum Gasteiger partial charge on any atom is 0.251 e. The van der Waals surface area contributed by atoms with Crippen LogP contribution in [-0.2, 0) is 16.1 Å². The Balaban J connectivity index is 1.11. The number of piperidine rings is 1. The number of fused-ring (bicyclic) bond motifs is 1. The summed E-state index contributed by atoms with van der Waals surface area (Å²) in [5.41, 5.74) is 1.60. The zero-order valence-corrected chi connectivity index (χ0v) is 18.4. The lowest BCUT2D eigenvalue weighted by molar-refractivity contribution is -0.136. The third-order valence-electron chi connectivity index (χ3n) is 6.56. The smallest absolute Gasteiger partial charge is 0.251 e. The summed E-state index contributed by atoms with van der Waals surface area (Å²) in [5, 5.41) is 3.06. The zero-order chi connectivity index (χ0) is 22.8. The Morgan fingerprint density at radius 2 is 1.76 bits per heavy atom.